The molecule has 14 heavy (non-hydrogen) atoms. The van der Waals surface area contributed by atoms with Crippen LogP contribution in [-0.2, 0) is 4.74 Å². The molecule has 0 aromatic rings. The van der Waals surface area contributed by atoms with E-state index >= 15 is 0 Å². The van der Waals surface area contributed by atoms with Crippen LogP contribution < -0.4 is 5.32 Å². The number of hydrogen-bond acceptors (Lipinski definition) is 2. The van der Waals surface area contributed by atoms with Gasteiger partial charge in [-0.15, -0.1) is 0 Å². The van der Waals surface area contributed by atoms with Crippen LogP contribution >= 0.6 is 0 Å². The second kappa shape index (κ2) is 4.06. The number of hydrogen-bond donors (Lipinski definition) is 1. The molecule has 1 unspecified atom stereocenters. The summed E-state index contributed by atoms with van der Waals surface area (Å²) in [6, 6.07) is 0. The molecule has 0 aromatic heterocycles. The summed E-state index contributed by atoms with van der Waals surface area (Å²) >= 11 is 0. The van der Waals surface area contributed by atoms with Gasteiger partial charge in [-0.1, -0.05) is 13.8 Å². The van der Waals surface area contributed by atoms with Crippen LogP contribution in [0.25, 0.3) is 0 Å². The van der Waals surface area contributed by atoms with Crippen LogP contribution in [0.5, 0.6) is 0 Å². The summed E-state index contributed by atoms with van der Waals surface area (Å²) in [6.07, 6.45) is -4.72. The molecular formula is C9H16F3NO. The lowest BCUT2D eigenvalue weighted by Gasteiger charge is -2.41. The summed E-state index contributed by atoms with van der Waals surface area (Å²) in [5, 5.41) is 2.79. The topological polar surface area (TPSA) is 21.3 Å². The molecule has 1 fully saturated rings. The van der Waals surface area contributed by atoms with Crippen molar-refractivity contribution in [1.82, 2.24) is 5.32 Å². The van der Waals surface area contributed by atoms with E-state index in [0.29, 0.717) is 19.4 Å². The molecule has 1 aliphatic heterocycles. The lowest BCUT2D eigenvalue weighted by molar-refractivity contribution is -0.263. The lowest BCUT2D eigenvalue weighted by atomic mass is 9.95. The zero-order valence-electron chi connectivity index (χ0n) is 8.45. The SMILES string of the molecule is CCC1(CC)CNCC(C(F)(F)F)O1. The molecule has 0 amide bonds. The Kier molecular flexibility index (Phi) is 3.42. The van der Waals surface area contributed by atoms with E-state index < -0.39 is 17.9 Å². The molecule has 0 radical (unpaired) electrons. The van der Waals surface area contributed by atoms with Gasteiger partial charge in [0.05, 0.1) is 5.60 Å². The molecule has 84 valence electrons. The van der Waals surface area contributed by atoms with Crippen molar-refractivity contribution in [3.05, 3.63) is 0 Å². The average molecular weight is 211 g/mol. The average Bonchev–Trinajstić information content (AvgIpc) is 2.16. The minimum atomic E-state index is -4.26. The molecule has 1 aliphatic rings. The number of nitrogens with one attached hydrogen (secondary N) is 1. The number of morpholine rings is 1. The van der Waals surface area contributed by atoms with Crippen molar-refractivity contribution in [3.8, 4) is 0 Å². The molecule has 0 aromatic carbocycles. The van der Waals surface area contributed by atoms with E-state index in [2.05, 4.69) is 5.32 Å². The summed E-state index contributed by atoms with van der Waals surface area (Å²) in [5.74, 6) is 0. The third-order valence-electron chi connectivity index (χ3n) is 2.82. The van der Waals surface area contributed by atoms with Gasteiger partial charge in [0.25, 0.3) is 0 Å². The molecule has 1 N–H and O–H groups in total. The van der Waals surface area contributed by atoms with Crippen molar-refractivity contribution in [2.24, 2.45) is 0 Å². The Labute approximate surface area is 81.8 Å². The van der Waals surface area contributed by atoms with Gasteiger partial charge in [-0.3, -0.25) is 0 Å². The van der Waals surface area contributed by atoms with Gasteiger partial charge in [-0.2, -0.15) is 13.2 Å². The Bertz CT molecular complexity index is 189. The first kappa shape index (κ1) is 11.8. The second-order valence-electron chi connectivity index (χ2n) is 3.67. The number of ether oxygens (including phenoxy) is 1. The fourth-order valence-electron chi connectivity index (χ4n) is 1.67. The van der Waals surface area contributed by atoms with Crippen molar-refractivity contribution in [2.45, 2.75) is 44.6 Å². The van der Waals surface area contributed by atoms with E-state index in [-0.39, 0.29) is 6.54 Å². The zero-order valence-corrected chi connectivity index (χ0v) is 8.45. The summed E-state index contributed by atoms with van der Waals surface area (Å²) in [6.45, 7) is 4.08. The highest BCUT2D eigenvalue weighted by Crippen LogP contribution is 2.32. The minimum Gasteiger partial charge on any atom is -0.360 e. The van der Waals surface area contributed by atoms with E-state index in [0.717, 1.165) is 0 Å². The van der Waals surface area contributed by atoms with Crippen molar-refractivity contribution in [1.29, 1.82) is 0 Å². The first-order valence-corrected chi connectivity index (χ1v) is 4.89. The molecular weight excluding hydrogens is 195 g/mol. The van der Waals surface area contributed by atoms with Crippen molar-refractivity contribution < 1.29 is 17.9 Å². The smallest absolute Gasteiger partial charge is 0.360 e. The molecule has 1 saturated heterocycles. The van der Waals surface area contributed by atoms with E-state index in [9.17, 15) is 13.2 Å². The van der Waals surface area contributed by atoms with Crippen LogP contribution in [0.1, 0.15) is 26.7 Å². The third-order valence-corrected chi connectivity index (χ3v) is 2.82. The molecule has 2 nitrogen and oxygen atoms in total. The standard InChI is InChI=1S/C9H16F3NO/c1-3-8(4-2)6-13-5-7(14-8)9(10,11)12/h7,13H,3-6H2,1-2H3. The summed E-state index contributed by atoms with van der Waals surface area (Å²) < 4.78 is 42.3. The van der Waals surface area contributed by atoms with Crippen molar-refractivity contribution in [2.75, 3.05) is 13.1 Å². The van der Waals surface area contributed by atoms with Crippen LogP contribution in [0.15, 0.2) is 0 Å². The Morgan fingerprint density at radius 3 is 2.36 bits per heavy atom. The van der Waals surface area contributed by atoms with Gasteiger partial charge in [0.1, 0.15) is 0 Å². The molecule has 0 saturated carbocycles. The Morgan fingerprint density at radius 1 is 1.36 bits per heavy atom. The summed E-state index contributed by atoms with van der Waals surface area (Å²) in [4.78, 5) is 0. The quantitative estimate of drug-likeness (QED) is 0.755. The van der Waals surface area contributed by atoms with Crippen LogP contribution in [0.2, 0.25) is 0 Å². The zero-order chi connectivity index (χ0) is 10.8. The van der Waals surface area contributed by atoms with Gasteiger partial charge in [0, 0.05) is 13.1 Å². The Morgan fingerprint density at radius 2 is 1.93 bits per heavy atom. The number of halogens is 3. The molecule has 0 spiro atoms. The molecule has 0 bridgehead atoms. The van der Waals surface area contributed by atoms with E-state index in [1.54, 1.807) is 0 Å². The monoisotopic (exact) mass is 211 g/mol. The molecule has 0 aliphatic carbocycles. The predicted molar refractivity (Wildman–Crippen MR) is 47.1 cm³/mol. The highest BCUT2D eigenvalue weighted by molar-refractivity contribution is 4.89. The van der Waals surface area contributed by atoms with Crippen molar-refractivity contribution in [3.63, 3.8) is 0 Å². The van der Waals surface area contributed by atoms with Crippen LogP contribution in [0.4, 0.5) is 13.2 Å². The molecule has 5 heteroatoms. The minimum absolute atomic E-state index is 0.134. The van der Waals surface area contributed by atoms with E-state index in [1.807, 2.05) is 13.8 Å². The van der Waals surface area contributed by atoms with Gasteiger partial charge >= 0.3 is 6.18 Å². The maximum atomic E-state index is 12.4. The second-order valence-corrected chi connectivity index (χ2v) is 3.67. The van der Waals surface area contributed by atoms with Gasteiger partial charge in [0.2, 0.25) is 0 Å². The fraction of sp³-hybridized carbons (Fsp3) is 1.00. The lowest BCUT2D eigenvalue weighted by Crippen LogP contribution is -2.57. The molecule has 1 atom stereocenters. The van der Waals surface area contributed by atoms with Gasteiger partial charge in [-0.25, -0.2) is 0 Å². The van der Waals surface area contributed by atoms with Crippen LogP contribution in [0.3, 0.4) is 0 Å². The Balaban J connectivity index is 2.68. The predicted octanol–water partition coefficient (Wildman–Crippen LogP) is 2.10. The van der Waals surface area contributed by atoms with Gasteiger partial charge in [0.15, 0.2) is 6.10 Å². The first-order chi connectivity index (χ1) is 6.43. The number of rotatable bonds is 2. The fourth-order valence-corrected chi connectivity index (χ4v) is 1.67. The number of alkyl halides is 3. The third kappa shape index (κ3) is 2.39. The normalized spacial score (nSPS) is 27.6. The van der Waals surface area contributed by atoms with Gasteiger partial charge in [-0.05, 0) is 12.8 Å². The summed E-state index contributed by atoms with van der Waals surface area (Å²) in [7, 11) is 0. The maximum absolute atomic E-state index is 12.4. The maximum Gasteiger partial charge on any atom is 0.415 e. The van der Waals surface area contributed by atoms with E-state index in [1.165, 1.54) is 0 Å². The first-order valence-electron chi connectivity index (χ1n) is 4.89. The molecule has 1 heterocycles. The van der Waals surface area contributed by atoms with Gasteiger partial charge < -0.3 is 10.1 Å². The van der Waals surface area contributed by atoms with Crippen LogP contribution in [-0.4, -0.2) is 31.0 Å². The molecule has 1 rings (SSSR count). The largest absolute Gasteiger partial charge is 0.415 e. The highest BCUT2D eigenvalue weighted by Gasteiger charge is 2.47. The highest BCUT2D eigenvalue weighted by atomic mass is 19.4. The summed E-state index contributed by atoms with van der Waals surface area (Å²) in [5.41, 5.74) is -0.640. The Hall–Kier alpha value is -0.290. The van der Waals surface area contributed by atoms with Crippen molar-refractivity contribution >= 4 is 0 Å². The van der Waals surface area contributed by atoms with E-state index in [4.69, 9.17) is 4.74 Å². The van der Waals surface area contributed by atoms with Crippen LogP contribution in [0, 0.1) is 0 Å².